The van der Waals surface area contributed by atoms with Crippen molar-refractivity contribution < 1.29 is 14.4 Å². The lowest BCUT2D eigenvalue weighted by atomic mass is 10.1. The fraction of sp³-hybridized carbons (Fsp3) is 0.316. The molecule has 0 aliphatic carbocycles. The topological polar surface area (TPSA) is 42.8 Å². The van der Waals surface area contributed by atoms with Gasteiger partial charge in [-0.25, -0.2) is 0 Å². The Hall–Kier alpha value is -2.17. The SMILES string of the molecule is Cc1ccc(NC(=O)c2ccc(C[NH+]3CCOCC3)cc2)cc1. The molecule has 2 N–H and O–H groups in total. The van der Waals surface area contributed by atoms with E-state index in [1.54, 1.807) is 0 Å². The van der Waals surface area contributed by atoms with Gasteiger partial charge in [-0.05, 0) is 31.2 Å². The monoisotopic (exact) mass is 311 g/mol. The maximum Gasteiger partial charge on any atom is 0.255 e. The van der Waals surface area contributed by atoms with E-state index in [9.17, 15) is 4.79 Å². The highest BCUT2D eigenvalue weighted by atomic mass is 16.5. The first-order valence-electron chi connectivity index (χ1n) is 8.09. The molecule has 0 aromatic heterocycles. The largest absolute Gasteiger partial charge is 0.370 e. The van der Waals surface area contributed by atoms with Gasteiger partial charge in [-0.2, -0.15) is 0 Å². The summed E-state index contributed by atoms with van der Waals surface area (Å²) in [6.45, 7) is 6.80. The van der Waals surface area contributed by atoms with Gasteiger partial charge in [-0.3, -0.25) is 4.79 Å². The molecule has 1 aliphatic heterocycles. The van der Waals surface area contributed by atoms with E-state index in [4.69, 9.17) is 4.74 Å². The van der Waals surface area contributed by atoms with Crippen molar-refractivity contribution in [1.82, 2.24) is 0 Å². The summed E-state index contributed by atoms with van der Waals surface area (Å²) in [6.07, 6.45) is 0. The van der Waals surface area contributed by atoms with Gasteiger partial charge >= 0.3 is 0 Å². The Bertz CT molecular complexity index is 644. The van der Waals surface area contributed by atoms with Crippen molar-refractivity contribution in [3.05, 3.63) is 65.2 Å². The number of morpholine rings is 1. The molecule has 4 nitrogen and oxygen atoms in total. The van der Waals surface area contributed by atoms with Crippen molar-refractivity contribution in [3.8, 4) is 0 Å². The molecule has 4 heteroatoms. The Morgan fingerprint density at radius 3 is 2.35 bits per heavy atom. The fourth-order valence-electron chi connectivity index (χ4n) is 2.74. The lowest BCUT2D eigenvalue weighted by Crippen LogP contribution is -3.12. The van der Waals surface area contributed by atoms with E-state index < -0.39 is 0 Å². The van der Waals surface area contributed by atoms with E-state index in [0.717, 1.165) is 38.5 Å². The molecule has 1 saturated heterocycles. The lowest BCUT2D eigenvalue weighted by Gasteiger charge is -2.23. The zero-order chi connectivity index (χ0) is 16.1. The van der Waals surface area contributed by atoms with E-state index in [1.807, 2.05) is 55.5 Å². The highest BCUT2D eigenvalue weighted by Crippen LogP contribution is 2.11. The summed E-state index contributed by atoms with van der Waals surface area (Å²) < 4.78 is 5.38. The van der Waals surface area contributed by atoms with Crippen LogP contribution in [0.1, 0.15) is 21.5 Å². The average molecular weight is 311 g/mol. The standard InChI is InChI=1S/C19H22N2O2/c1-15-2-8-18(9-3-15)20-19(22)17-6-4-16(5-7-17)14-21-10-12-23-13-11-21/h2-9H,10-14H2,1H3,(H,20,22)/p+1. The second-order valence-corrected chi connectivity index (χ2v) is 6.06. The van der Waals surface area contributed by atoms with Crippen LogP contribution in [0.15, 0.2) is 48.5 Å². The van der Waals surface area contributed by atoms with Gasteiger partial charge in [0.05, 0.1) is 13.2 Å². The molecular formula is C19H23N2O2+. The molecule has 1 heterocycles. The van der Waals surface area contributed by atoms with Crippen LogP contribution < -0.4 is 10.2 Å². The Kier molecular flexibility index (Phi) is 5.05. The number of rotatable bonds is 4. The molecule has 1 amide bonds. The molecule has 0 radical (unpaired) electrons. The van der Waals surface area contributed by atoms with Gasteiger partial charge in [0.15, 0.2) is 0 Å². The number of hydrogen-bond donors (Lipinski definition) is 2. The third-order valence-electron chi connectivity index (χ3n) is 4.18. The molecule has 2 aromatic carbocycles. The zero-order valence-corrected chi connectivity index (χ0v) is 13.5. The second-order valence-electron chi connectivity index (χ2n) is 6.06. The minimum atomic E-state index is -0.0703. The summed E-state index contributed by atoms with van der Waals surface area (Å²) in [6, 6.07) is 15.7. The number of quaternary nitrogens is 1. The number of benzene rings is 2. The van der Waals surface area contributed by atoms with Gasteiger partial charge < -0.3 is 15.0 Å². The van der Waals surface area contributed by atoms with Crippen molar-refractivity contribution >= 4 is 11.6 Å². The third-order valence-corrected chi connectivity index (χ3v) is 4.18. The van der Waals surface area contributed by atoms with Crippen LogP contribution in [0.3, 0.4) is 0 Å². The highest BCUT2D eigenvalue weighted by molar-refractivity contribution is 6.04. The van der Waals surface area contributed by atoms with Crippen molar-refractivity contribution in [2.24, 2.45) is 0 Å². The maximum absolute atomic E-state index is 12.3. The molecule has 0 saturated carbocycles. The molecule has 23 heavy (non-hydrogen) atoms. The number of carbonyl (C=O) groups excluding carboxylic acids is 1. The number of aryl methyl sites for hydroxylation is 1. The lowest BCUT2D eigenvalue weighted by molar-refractivity contribution is -0.921. The van der Waals surface area contributed by atoms with Crippen LogP contribution in [0.25, 0.3) is 0 Å². The van der Waals surface area contributed by atoms with Crippen LogP contribution in [0.2, 0.25) is 0 Å². The first-order valence-corrected chi connectivity index (χ1v) is 8.09. The van der Waals surface area contributed by atoms with E-state index in [2.05, 4.69) is 5.32 Å². The molecule has 1 fully saturated rings. The smallest absolute Gasteiger partial charge is 0.255 e. The summed E-state index contributed by atoms with van der Waals surface area (Å²) in [7, 11) is 0. The predicted molar refractivity (Wildman–Crippen MR) is 90.8 cm³/mol. The van der Waals surface area contributed by atoms with Crippen LogP contribution in [0, 0.1) is 6.92 Å². The summed E-state index contributed by atoms with van der Waals surface area (Å²) in [5.41, 5.74) is 3.94. The summed E-state index contributed by atoms with van der Waals surface area (Å²) in [5, 5.41) is 2.93. The number of carbonyl (C=O) groups is 1. The van der Waals surface area contributed by atoms with Gasteiger partial charge in [0.25, 0.3) is 5.91 Å². The van der Waals surface area contributed by atoms with E-state index >= 15 is 0 Å². The molecule has 3 rings (SSSR count). The zero-order valence-electron chi connectivity index (χ0n) is 13.5. The Morgan fingerprint density at radius 1 is 1.04 bits per heavy atom. The fourth-order valence-corrected chi connectivity index (χ4v) is 2.74. The summed E-state index contributed by atoms with van der Waals surface area (Å²) in [5.74, 6) is -0.0703. The van der Waals surface area contributed by atoms with Gasteiger partial charge in [0, 0.05) is 16.8 Å². The highest BCUT2D eigenvalue weighted by Gasteiger charge is 2.14. The van der Waals surface area contributed by atoms with Crippen molar-refractivity contribution in [1.29, 1.82) is 0 Å². The van der Waals surface area contributed by atoms with Crippen molar-refractivity contribution in [3.63, 3.8) is 0 Å². The van der Waals surface area contributed by atoms with Gasteiger partial charge in [-0.15, -0.1) is 0 Å². The molecule has 0 bridgehead atoms. The first kappa shape index (κ1) is 15.7. The van der Waals surface area contributed by atoms with Crippen LogP contribution in [-0.4, -0.2) is 32.2 Å². The number of hydrogen-bond acceptors (Lipinski definition) is 2. The van der Waals surface area contributed by atoms with Gasteiger partial charge in [0.1, 0.15) is 19.6 Å². The Labute approximate surface area is 137 Å². The molecule has 0 atom stereocenters. The molecule has 0 unspecified atom stereocenters. The number of nitrogens with one attached hydrogen (secondary N) is 2. The summed E-state index contributed by atoms with van der Waals surface area (Å²) >= 11 is 0. The molecule has 2 aromatic rings. The maximum atomic E-state index is 12.3. The minimum Gasteiger partial charge on any atom is -0.370 e. The number of anilines is 1. The van der Waals surface area contributed by atoms with Crippen LogP contribution in [0.4, 0.5) is 5.69 Å². The van der Waals surface area contributed by atoms with Crippen LogP contribution in [0.5, 0.6) is 0 Å². The number of ether oxygens (including phenoxy) is 1. The molecule has 1 aliphatic rings. The quantitative estimate of drug-likeness (QED) is 0.902. The number of amides is 1. The molecule has 120 valence electrons. The summed E-state index contributed by atoms with van der Waals surface area (Å²) in [4.78, 5) is 13.8. The Morgan fingerprint density at radius 2 is 1.70 bits per heavy atom. The van der Waals surface area contributed by atoms with E-state index in [1.165, 1.54) is 16.0 Å². The average Bonchev–Trinajstić information content (AvgIpc) is 2.58. The van der Waals surface area contributed by atoms with Gasteiger partial charge in [0.2, 0.25) is 0 Å². The molecule has 0 spiro atoms. The van der Waals surface area contributed by atoms with Crippen LogP contribution >= 0.6 is 0 Å². The van der Waals surface area contributed by atoms with Crippen molar-refractivity contribution in [2.45, 2.75) is 13.5 Å². The second kappa shape index (κ2) is 7.40. The van der Waals surface area contributed by atoms with E-state index in [-0.39, 0.29) is 5.91 Å². The third kappa shape index (κ3) is 4.41. The Balaban J connectivity index is 1.59. The van der Waals surface area contributed by atoms with Crippen LogP contribution in [-0.2, 0) is 11.3 Å². The molecular weight excluding hydrogens is 288 g/mol. The normalized spacial score (nSPS) is 15.3. The minimum absolute atomic E-state index is 0.0703. The van der Waals surface area contributed by atoms with Crippen molar-refractivity contribution in [2.75, 3.05) is 31.6 Å². The predicted octanol–water partition coefficient (Wildman–Crippen LogP) is 1.66. The van der Waals surface area contributed by atoms with Gasteiger partial charge in [-0.1, -0.05) is 29.8 Å². The van der Waals surface area contributed by atoms with E-state index in [0.29, 0.717) is 5.56 Å². The first-order chi connectivity index (χ1) is 11.2.